The van der Waals surface area contributed by atoms with Crippen LogP contribution in [0.15, 0.2) is 54.9 Å². The highest BCUT2D eigenvalue weighted by molar-refractivity contribution is 6.00. The molecule has 1 fully saturated rings. The van der Waals surface area contributed by atoms with E-state index in [2.05, 4.69) is 10.4 Å². The van der Waals surface area contributed by atoms with Crippen LogP contribution in [0.4, 0.5) is 13.2 Å². The lowest BCUT2D eigenvalue weighted by Gasteiger charge is -2.35. The van der Waals surface area contributed by atoms with E-state index in [1.54, 1.807) is 10.7 Å². The van der Waals surface area contributed by atoms with Gasteiger partial charge in [0.05, 0.1) is 22.8 Å². The van der Waals surface area contributed by atoms with E-state index >= 15 is 0 Å². The minimum absolute atomic E-state index is 0.0769. The van der Waals surface area contributed by atoms with Gasteiger partial charge in [0.15, 0.2) is 0 Å². The van der Waals surface area contributed by atoms with Gasteiger partial charge in [-0.15, -0.1) is 0 Å². The highest BCUT2D eigenvalue weighted by Gasteiger charge is 2.34. The van der Waals surface area contributed by atoms with Crippen molar-refractivity contribution in [2.75, 3.05) is 0 Å². The van der Waals surface area contributed by atoms with Crippen LogP contribution in [-0.4, -0.2) is 27.7 Å². The zero-order chi connectivity index (χ0) is 19.0. The molecule has 2 aromatic heterocycles. The third-order valence-electron chi connectivity index (χ3n) is 4.57. The minimum Gasteiger partial charge on any atom is -0.490 e. The highest BCUT2D eigenvalue weighted by Crippen LogP contribution is 2.33. The fourth-order valence-corrected chi connectivity index (χ4v) is 3.09. The molecule has 3 aromatic rings. The summed E-state index contributed by atoms with van der Waals surface area (Å²) in [5.74, 6) is -0.0408. The molecule has 0 aliphatic heterocycles. The number of rotatable bonds is 4. The molecule has 1 amide bonds. The Morgan fingerprint density at radius 1 is 1.19 bits per heavy atom. The van der Waals surface area contributed by atoms with E-state index in [0.717, 1.165) is 12.1 Å². The molecular weight excluding hydrogens is 359 g/mol. The van der Waals surface area contributed by atoms with E-state index in [9.17, 15) is 18.0 Å². The van der Waals surface area contributed by atoms with Crippen molar-refractivity contribution in [3.8, 4) is 5.75 Å². The molecule has 140 valence electrons. The number of pyridine rings is 1. The molecule has 0 bridgehead atoms. The second-order valence-corrected chi connectivity index (χ2v) is 6.50. The third kappa shape index (κ3) is 3.60. The molecule has 0 saturated heterocycles. The topological polar surface area (TPSA) is 55.6 Å². The van der Waals surface area contributed by atoms with Gasteiger partial charge in [0.2, 0.25) is 0 Å². The van der Waals surface area contributed by atoms with Crippen molar-refractivity contribution in [1.29, 1.82) is 0 Å². The van der Waals surface area contributed by atoms with Crippen LogP contribution in [0.2, 0.25) is 0 Å². The molecule has 5 nitrogen and oxygen atoms in total. The van der Waals surface area contributed by atoms with Gasteiger partial charge < -0.3 is 10.1 Å². The fourth-order valence-electron chi connectivity index (χ4n) is 3.09. The van der Waals surface area contributed by atoms with Crippen LogP contribution in [0, 0.1) is 0 Å². The van der Waals surface area contributed by atoms with E-state index in [1.807, 2.05) is 18.2 Å². The zero-order valence-electron chi connectivity index (χ0n) is 14.1. The highest BCUT2D eigenvalue weighted by atomic mass is 19.4. The lowest BCUT2D eigenvalue weighted by molar-refractivity contribution is -0.137. The summed E-state index contributed by atoms with van der Waals surface area (Å²) in [5, 5.41) is 7.04. The molecule has 1 aromatic carbocycles. The number of alkyl halides is 3. The average Bonchev–Trinajstić information content (AvgIpc) is 3.03. The van der Waals surface area contributed by atoms with Crippen molar-refractivity contribution < 1.29 is 22.7 Å². The van der Waals surface area contributed by atoms with Gasteiger partial charge in [0.25, 0.3) is 5.91 Å². The normalized spacial score (nSPS) is 19.5. The maximum Gasteiger partial charge on any atom is 0.416 e. The van der Waals surface area contributed by atoms with Gasteiger partial charge in [0, 0.05) is 25.1 Å². The first kappa shape index (κ1) is 17.4. The number of halogens is 3. The van der Waals surface area contributed by atoms with E-state index in [1.165, 1.54) is 18.3 Å². The van der Waals surface area contributed by atoms with E-state index in [0.29, 0.717) is 23.9 Å². The molecule has 2 heterocycles. The summed E-state index contributed by atoms with van der Waals surface area (Å²) in [7, 11) is 0. The van der Waals surface area contributed by atoms with Crippen molar-refractivity contribution in [3.63, 3.8) is 0 Å². The predicted octanol–water partition coefficient (Wildman–Crippen LogP) is 3.69. The molecule has 0 radical (unpaired) electrons. The van der Waals surface area contributed by atoms with Gasteiger partial charge in [-0.2, -0.15) is 18.3 Å². The van der Waals surface area contributed by atoms with Crippen molar-refractivity contribution in [1.82, 2.24) is 14.9 Å². The van der Waals surface area contributed by atoms with Crippen LogP contribution >= 0.6 is 0 Å². The molecule has 1 aliphatic carbocycles. The van der Waals surface area contributed by atoms with Crippen LogP contribution in [0.3, 0.4) is 0 Å². The quantitative estimate of drug-likeness (QED) is 0.757. The van der Waals surface area contributed by atoms with Gasteiger partial charge in [-0.05, 0) is 30.3 Å². The second-order valence-electron chi connectivity index (χ2n) is 6.50. The predicted molar refractivity (Wildman–Crippen MR) is 91.5 cm³/mol. The number of hydrogen-bond acceptors (Lipinski definition) is 3. The number of benzene rings is 1. The molecule has 0 atom stereocenters. The van der Waals surface area contributed by atoms with Crippen molar-refractivity contribution >= 4 is 11.4 Å². The smallest absolute Gasteiger partial charge is 0.416 e. The molecular formula is C19H16F3N3O2. The van der Waals surface area contributed by atoms with Crippen molar-refractivity contribution in [3.05, 3.63) is 66.0 Å². The van der Waals surface area contributed by atoms with Gasteiger partial charge in [0.1, 0.15) is 11.9 Å². The second kappa shape index (κ2) is 6.61. The van der Waals surface area contributed by atoms with E-state index < -0.39 is 11.7 Å². The van der Waals surface area contributed by atoms with E-state index in [-0.39, 0.29) is 23.8 Å². The summed E-state index contributed by atoms with van der Waals surface area (Å²) in [6.45, 7) is 0. The summed E-state index contributed by atoms with van der Waals surface area (Å²) < 4.78 is 45.4. The molecule has 4 rings (SSSR count). The van der Waals surface area contributed by atoms with Crippen LogP contribution in [-0.2, 0) is 6.18 Å². The third-order valence-corrected chi connectivity index (χ3v) is 4.57. The number of nitrogens with one attached hydrogen (secondary N) is 1. The summed E-state index contributed by atoms with van der Waals surface area (Å²) in [5.41, 5.74) is 0.459. The van der Waals surface area contributed by atoms with Crippen LogP contribution in [0.5, 0.6) is 5.75 Å². The molecule has 1 aliphatic rings. The Bertz CT molecular complexity index is 977. The lowest BCUT2D eigenvalue weighted by Crippen LogP contribution is -2.49. The van der Waals surface area contributed by atoms with Crippen LogP contribution < -0.4 is 10.1 Å². The molecule has 0 unspecified atom stereocenters. The maximum absolute atomic E-state index is 12.7. The minimum atomic E-state index is -4.40. The van der Waals surface area contributed by atoms with E-state index in [4.69, 9.17) is 4.74 Å². The van der Waals surface area contributed by atoms with Gasteiger partial charge in [-0.25, -0.2) is 4.52 Å². The number of fused-ring (bicyclic) bond motifs is 1. The Morgan fingerprint density at radius 3 is 2.78 bits per heavy atom. The van der Waals surface area contributed by atoms with Crippen molar-refractivity contribution in [2.45, 2.75) is 31.2 Å². The molecule has 8 heteroatoms. The van der Waals surface area contributed by atoms with Gasteiger partial charge in [-0.1, -0.05) is 12.1 Å². The number of ether oxygens (including phenoxy) is 1. The Hall–Kier alpha value is -3.03. The standard InChI is InChI=1S/C19H16F3N3O2/c20-19(21,22)12-4-3-5-14(8-12)27-15-9-13(10-15)24-18(26)16-11-23-25-7-2-1-6-17(16)25/h1-8,11,13,15H,9-10H2,(H,24,26)/t13-,15-. The molecule has 0 spiro atoms. The number of amides is 1. The SMILES string of the molecule is O=C(N[C@H]1C[C@H](Oc2cccc(C(F)(F)F)c2)C1)c1cnn2ccccc12. The average molecular weight is 375 g/mol. The first-order valence-electron chi connectivity index (χ1n) is 8.47. The number of aromatic nitrogens is 2. The van der Waals surface area contributed by atoms with Gasteiger partial charge >= 0.3 is 6.18 Å². The maximum atomic E-state index is 12.7. The van der Waals surface area contributed by atoms with Crippen molar-refractivity contribution in [2.24, 2.45) is 0 Å². The molecule has 1 saturated carbocycles. The fraction of sp³-hybridized carbons (Fsp3) is 0.263. The number of hydrogen-bond donors (Lipinski definition) is 1. The Balaban J connectivity index is 1.33. The Morgan fingerprint density at radius 2 is 2.00 bits per heavy atom. The summed E-state index contributed by atoms with van der Waals surface area (Å²) in [4.78, 5) is 12.4. The molecule has 27 heavy (non-hydrogen) atoms. The molecule has 1 N–H and O–H groups in total. The summed E-state index contributed by atoms with van der Waals surface area (Å²) in [6.07, 6.45) is -0.261. The first-order valence-corrected chi connectivity index (χ1v) is 8.47. The number of nitrogens with zero attached hydrogens (tertiary/aromatic N) is 2. The number of carbonyl (C=O) groups is 1. The van der Waals surface area contributed by atoms with Crippen LogP contribution in [0.1, 0.15) is 28.8 Å². The largest absolute Gasteiger partial charge is 0.490 e. The Labute approximate surface area is 152 Å². The monoisotopic (exact) mass is 375 g/mol. The van der Waals surface area contributed by atoms with Crippen LogP contribution in [0.25, 0.3) is 5.52 Å². The lowest BCUT2D eigenvalue weighted by atomic mass is 9.89. The Kier molecular flexibility index (Phi) is 4.25. The van der Waals surface area contributed by atoms with Gasteiger partial charge in [-0.3, -0.25) is 4.79 Å². The summed E-state index contributed by atoms with van der Waals surface area (Å²) >= 11 is 0. The zero-order valence-corrected chi connectivity index (χ0v) is 14.1. The summed E-state index contributed by atoms with van der Waals surface area (Å²) in [6, 6.07) is 10.2. The number of carbonyl (C=O) groups excluding carboxylic acids is 1. The first-order chi connectivity index (χ1) is 12.9.